The van der Waals surface area contributed by atoms with E-state index in [4.69, 9.17) is 14.2 Å². The second-order valence-corrected chi connectivity index (χ2v) is 7.31. The van der Waals surface area contributed by atoms with Crippen LogP contribution in [0.3, 0.4) is 0 Å². The van der Waals surface area contributed by atoms with Crippen molar-refractivity contribution in [2.24, 2.45) is 4.99 Å². The number of aromatic nitrogens is 1. The summed E-state index contributed by atoms with van der Waals surface area (Å²) in [6.45, 7) is 3.83. The number of carbonyl (C=O) groups excluding carboxylic acids is 3. The van der Waals surface area contributed by atoms with Gasteiger partial charge in [-0.1, -0.05) is 23.5 Å². The molecule has 8 nitrogen and oxygen atoms in total. The molecule has 1 amide bonds. The van der Waals surface area contributed by atoms with Crippen molar-refractivity contribution >= 4 is 39.4 Å². The summed E-state index contributed by atoms with van der Waals surface area (Å²) in [7, 11) is 1.48. The van der Waals surface area contributed by atoms with E-state index in [2.05, 4.69) is 4.99 Å². The molecule has 3 rings (SSSR count). The Morgan fingerprint density at radius 2 is 1.77 bits per heavy atom. The maximum atomic E-state index is 12.9. The summed E-state index contributed by atoms with van der Waals surface area (Å²) >= 11 is 1.19. The first-order valence-corrected chi connectivity index (χ1v) is 10.5. The summed E-state index contributed by atoms with van der Waals surface area (Å²) < 4.78 is 17.6. The number of thiazole rings is 1. The van der Waals surface area contributed by atoms with E-state index in [1.165, 1.54) is 18.4 Å². The fraction of sp³-hybridized carbons (Fsp3) is 0.273. The lowest BCUT2D eigenvalue weighted by Crippen LogP contribution is -2.23. The van der Waals surface area contributed by atoms with Crippen LogP contribution < -0.4 is 9.54 Å². The minimum absolute atomic E-state index is 0.120. The van der Waals surface area contributed by atoms with Gasteiger partial charge >= 0.3 is 11.9 Å². The van der Waals surface area contributed by atoms with E-state index in [0.717, 1.165) is 0 Å². The van der Waals surface area contributed by atoms with Crippen LogP contribution in [0.5, 0.6) is 5.75 Å². The Bertz CT molecular complexity index is 1190. The first-order chi connectivity index (χ1) is 15.0. The lowest BCUT2D eigenvalue weighted by atomic mass is 10.2. The zero-order valence-corrected chi connectivity index (χ0v) is 18.2. The number of para-hydroxylation sites is 1. The molecule has 9 heteroatoms. The van der Waals surface area contributed by atoms with E-state index in [-0.39, 0.29) is 19.8 Å². The molecule has 162 valence electrons. The number of hydrogen-bond acceptors (Lipinski definition) is 7. The monoisotopic (exact) mass is 442 g/mol. The minimum atomic E-state index is -0.507. The van der Waals surface area contributed by atoms with Gasteiger partial charge in [0.1, 0.15) is 12.3 Å². The largest absolute Gasteiger partial charge is 0.496 e. The summed E-state index contributed by atoms with van der Waals surface area (Å²) in [6.07, 6.45) is 0. The Morgan fingerprint density at radius 3 is 2.48 bits per heavy atom. The van der Waals surface area contributed by atoms with Crippen molar-refractivity contribution in [3.05, 3.63) is 58.4 Å². The van der Waals surface area contributed by atoms with E-state index in [1.54, 1.807) is 60.9 Å². The molecular formula is C22H22N2O6S. The van der Waals surface area contributed by atoms with Crippen LogP contribution in [0.1, 0.15) is 34.6 Å². The molecule has 0 saturated heterocycles. The van der Waals surface area contributed by atoms with Gasteiger partial charge in [-0.2, -0.15) is 4.99 Å². The minimum Gasteiger partial charge on any atom is -0.496 e. The molecule has 0 aliphatic carbocycles. The summed E-state index contributed by atoms with van der Waals surface area (Å²) in [5.41, 5.74) is 1.33. The molecule has 0 bridgehead atoms. The third kappa shape index (κ3) is 5.00. The number of carbonyl (C=O) groups is 3. The van der Waals surface area contributed by atoms with E-state index < -0.39 is 17.8 Å². The van der Waals surface area contributed by atoms with Crippen LogP contribution in [0, 0.1) is 0 Å². The van der Waals surface area contributed by atoms with Gasteiger partial charge in [0.25, 0.3) is 5.91 Å². The number of amides is 1. The zero-order valence-electron chi connectivity index (χ0n) is 17.4. The topological polar surface area (TPSA) is 96.2 Å². The number of rotatable bonds is 7. The molecule has 0 aliphatic heterocycles. The van der Waals surface area contributed by atoms with Crippen LogP contribution in [-0.4, -0.2) is 42.7 Å². The Labute approximate surface area is 182 Å². The Morgan fingerprint density at radius 1 is 1.03 bits per heavy atom. The second kappa shape index (κ2) is 10.0. The van der Waals surface area contributed by atoms with Crippen molar-refractivity contribution < 1.29 is 28.6 Å². The highest BCUT2D eigenvalue weighted by molar-refractivity contribution is 7.16. The first-order valence-electron chi connectivity index (χ1n) is 9.66. The molecule has 1 heterocycles. The smallest absolute Gasteiger partial charge is 0.338 e. The molecule has 3 aromatic rings. The highest BCUT2D eigenvalue weighted by atomic mass is 32.1. The van der Waals surface area contributed by atoms with Gasteiger partial charge < -0.3 is 18.8 Å². The highest BCUT2D eigenvalue weighted by Crippen LogP contribution is 2.21. The number of nitrogens with zero attached hydrogens (tertiary/aromatic N) is 2. The van der Waals surface area contributed by atoms with Gasteiger partial charge in [-0.05, 0) is 44.2 Å². The molecule has 0 N–H and O–H groups in total. The van der Waals surface area contributed by atoms with Crippen molar-refractivity contribution in [3.63, 3.8) is 0 Å². The summed E-state index contributed by atoms with van der Waals surface area (Å²) in [4.78, 5) is 41.6. The van der Waals surface area contributed by atoms with Crippen LogP contribution in [-0.2, 0) is 20.8 Å². The molecule has 0 saturated carbocycles. The van der Waals surface area contributed by atoms with E-state index in [0.29, 0.717) is 31.9 Å². The molecular weight excluding hydrogens is 420 g/mol. The molecule has 31 heavy (non-hydrogen) atoms. The number of fused-ring (bicyclic) bond motifs is 1. The van der Waals surface area contributed by atoms with Crippen LogP contribution in [0.4, 0.5) is 0 Å². The average molecular weight is 442 g/mol. The Hall–Kier alpha value is -3.46. The molecule has 0 aliphatic rings. The fourth-order valence-electron chi connectivity index (χ4n) is 2.96. The summed E-state index contributed by atoms with van der Waals surface area (Å²) in [5, 5.41) is 0. The molecule has 0 spiro atoms. The maximum Gasteiger partial charge on any atom is 0.338 e. The number of esters is 2. The normalized spacial score (nSPS) is 11.4. The van der Waals surface area contributed by atoms with Crippen LogP contribution >= 0.6 is 11.3 Å². The standard InChI is InChI=1S/C22H22N2O6S/c1-4-29-19(25)13-24-16-11-10-14(21(27)30-5-2)12-18(16)31-22(24)23-20(26)15-8-6-7-9-17(15)28-3/h6-12H,4-5,13H2,1-3H3. The fourth-order valence-corrected chi connectivity index (χ4v) is 4.02. The summed E-state index contributed by atoms with van der Waals surface area (Å²) in [5.74, 6) is -1.01. The number of benzene rings is 2. The van der Waals surface area contributed by atoms with Crippen molar-refractivity contribution in [1.29, 1.82) is 0 Å². The van der Waals surface area contributed by atoms with Crippen molar-refractivity contribution in [3.8, 4) is 5.75 Å². The number of methoxy groups -OCH3 is 1. The predicted molar refractivity (Wildman–Crippen MR) is 115 cm³/mol. The average Bonchev–Trinajstić information content (AvgIpc) is 3.09. The predicted octanol–water partition coefficient (Wildman–Crippen LogP) is 3.19. The van der Waals surface area contributed by atoms with Gasteiger partial charge in [-0.3, -0.25) is 9.59 Å². The van der Waals surface area contributed by atoms with Crippen molar-refractivity contribution in [2.45, 2.75) is 20.4 Å². The molecule has 1 aromatic heterocycles. The SMILES string of the molecule is CCOC(=O)Cn1c(=NC(=O)c2ccccc2OC)sc2cc(C(=O)OCC)ccc21. The van der Waals surface area contributed by atoms with Gasteiger partial charge in [0.05, 0.1) is 41.7 Å². The third-order valence-electron chi connectivity index (χ3n) is 4.32. The van der Waals surface area contributed by atoms with Crippen LogP contribution in [0.2, 0.25) is 0 Å². The van der Waals surface area contributed by atoms with Gasteiger partial charge in [0.15, 0.2) is 4.80 Å². The lowest BCUT2D eigenvalue weighted by Gasteiger charge is -2.06. The summed E-state index contributed by atoms with van der Waals surface area (Å²) in [6, 6.07) is 11.7. The van der Waals surface area contributed by atoms with Crippen molar-refractivity contribution in [1.82, 2.24) is 4.57 Å². The quantitative estimate of drug-likeness (QED) is 0.522. The molecule has 0 radical (unpaired) electrons. The molecule has 2 aromatic carbocycles. The first kappa shape index (κ1) is 22.2. The Kier molecular flexibility index (Phi) is 7.19. The highest BCUT2D eigenvalue weighted by Gasteiger charge is 2.16. The van der Waals surface area contributed by atoms with Crippen LogP contribution in [0.15, 0.2) is 47.5 Å². The molecule has 0 unspecified atom stereocenters. The lowest BCUT2D eigenvalue weighted by molar-refractivity contribution is -0.143. The number of ether oxygens (including phenoxy) is 3. The van der Waals surface area contributed by atoms with Gasteiger partial charge in [0.2, 0.25) is 0 Å². The van der Waals surface area contributed by atoms with E-state index >= 15 is 0 Å². The van der Waals surface area contributed by atoms with E-state index in [9.17, 15) is 14.4 Å². The second-order valence-electron chi connectivity index (χ2n) is 6.30. The van der Waals surface area contributed by atoms with Crippen LogP contribution in [0.25, 0.3) is 10.2 Å². The molecule has 0 fully saturated rings. The number of hydrogen-bond donors (Lipinski definition) is 0. The van der Waals surface area contributed by atoms with E-state index in [1.807, 2.05) is 0 Å². The maximum absolute atomic E-state index is 12.9. The van der Waals surface area contributed by atoms with Crippen molar-refractivity contribution in [2.75, 3.05) is 20.3 Å². The zero-order chi connectivity index (χ0) is 22.4. The Balaban J connectivity index is 2.13. The van der Waals surface area contributed by atoms with Gasteiger partial charge in [-0.15, -0.1) is 0 Å². The van der Waals surface area contributed by atoms with Gasteiger partial charge in [-0.25, -0.2) is 4.79 Å². The third-order valence-corrected chi connectivity index (χ3v) is 5.36. The molecule has 0 atom stereocenters. The van der Waals surface area contributed by atoms with Gasteiger partial charge in [0, 0.05) is 0 Å².